The second-order valence-corrected chi connectivity index (χ2v) is 4.87. The fourth-order valence-electron chi connectivity index (χ4n) is 2.60. The summed E-state index contributed by atoms with van der Waals surface area (Å²) >= 11 is 0. The molecule has 0 bridgehead atoms. The molecule has 4 heteroatoms. The minimum Gasteiger partial charge on any atom is -0.308 e. The van der Waals surface area contributed by atoms with Crippen LogP contribution in [0.25, 0.3) is 0 Å². The third-order valence-corrected chi connectivity index (χ3v) is 3.52. The zero-order valence-corrected chi connectivity index (χ0v) is 10.6. The van der Waals surface area contributed by atoms with Gasteiger partial charge in [0.2, 0.25) is 0 Å². The zero-order chi connectivity index (χ0) is 12.4. The molecular weight excluding hydrogens is 224 g/mol. The van der Waals surface area contributed by atoms with E-state index in [2.05, 4.69) is 27.7 Å². The van der Waals surface area contributed by atoms with E-state index in [-0.39, 0.29) is 0 Å². The highest BCUT2D eigenvalue weighted by Crippen LogP contribution is 2.28. The van der Waals surface area contributed by atoms with Crippen molar-refractivity contribution in [2.24, 2.45) is 7.05 Å². The Hall–Kier alpha value is -1.68. The first-order valence-corrected chi connectivity index (χ1v) is 6.47. The van der Waals surface area contributed by atoms with E-state index < -0.39 is 0 Å². The molecule has 0 saturated carbocycles. The highest BCUT2D eigenvalue weighted by Gasteiger charge is 2.22. The number of aromatic nitrogens is 3. The van der Waals surface area contributed by atoms with Gasteiger partial charge in [-0.05, 0) is 43.0 Å². The maximum Gasteiger partial charge on any atom is 0.0605 e. The molecule has 1 unspecified atom stereocenters. The van der Waals surface area contributed by atoms with E-state index in [4.69, 9.17) is 0 Å². The molecule has 4 nitrogen and oxygen atoms in total. The number of hydrogen-bond donors (Lipinski definition) is 1. The van der Waals surface area contributed by atoms with Gasteiger partial charge in [0.25, 0.3) is 0 Å². The molecule has 1 aliphatic carbocycles. The fraction of sp³-hybridized carbons (Fsp3) is 0.429. The van der Waals surface area contributed by atoms with E-state index in [1.807, 2.05) is 30.2 Å². The lowest BCUT2D eigenvalue weighted by atomic mass is 10.2. The van der Waals surface area contributed by atoms with E-state index in [1.54, 1.807) is 0 Å². The van der Waals surface area contributed by atoms with Crippen LogP contribution in [-0.2, 0) is 19.9 Å². The zero-order valence-electron chi connectivity index (χ0n) is 10.6. The van der Waals surface area contributed by atoms with Gasteiger partial charge in [-0.1, -0.05) is 6.07 Å². The maximum absolute atomic E-state index is 4.49. The summed E-state index contributed by atoms with van der Waals surface area (Å²) in [6, 6.07) is 4.64. The van der Waals surface area contributed by atoms with E-state index in [9.17, 15) is 0 Å². The lowest BCUT2D eigenvalue weighted by Crippen LogP contribution is -2.22. The van der Waals surface area contributed by atoms with Crippen molar-refractivity contribution < 1.29 is 0 Å². The van der Waals surface area contributed by atoms with Crippen molar-refractivity contribution in [1.29, 1.82) is 0 Å². The summed E-state index contributed by atoms with van der Waals surface area (Å²) in [4.78, 5) is 4.49. The predicted octanol–water partition coefficient (Wildman–Crippen LogP) is 1.63. The summed E-state index contributed by atoms with van der Waals surface area (Å²) in [6.45, 7) is 0.979. The average molecular weight is 242 g/mol. The number of aryl methyl sites for hydroxylation is 2. The monoisotopic (exact) mass is 242 g/mol. The van der Waals surface area contributed by atoms with Gasteiger partial charge in [0.05, 0.1) is 17.9 Å². The second-order valence-electron chi connectivity index (χ2n) is 4.87. The molecule has 0 spiro atoms. The molecule has 2 aromatic heterocycles. The highest BCUT2D eigenvalue weighted by atomic mass is 15.2. The molecule has 1 N–H and O–H groups in total. The van der Waals surface area contributed by atoms with Crippen LogP contribution >= 0.6 is 0 Å². The minimum atomic E-state index is 0.429. The number of pyridine rings is 1. The predicted molar refractivity (Wildman–Crippen MR) is 70.2 cm³/mol. The third kappa shape index (κ3) is 2.29. The molecule has 2 aromatic rings. The van der Waals surface area contributed by atoms with E-state index in [0.29, 0.717) is 6.04 Å². The number of nitrogens with one attached hydrogen (secondary N) is 1. The molecule has 0 aliphatic heterocycles. The van der Waals surface area contributed by atoms with E-state index in [1.165, 1.54) is 23.2 Å². The Morgan fingerprint density at radius 3 is 3.28 bits per heavy atom. The van der Waals surface area contributed by atoms with E-state index >= 15 is 0 Å². The van der Waals surface area contributed by atoms with Gasteiger partial charge in [0.1, 0.15) is 0 Å². The normalized spacial score (nSPS) is 17.9. The topological polar surface area (TPSA) is 42.7 Å². The smallest absolute Gasteiger partial charge is 0.0605 e. The number of nitrogens with zero attached hydrogens (tertiary/aromatic N) is 3. The Labute approximate surface area is 107 Å². The van der Waals surface area contributed by atoms with Crippen molar-refractivity contribution in [2.75, 3.05) is 6.54 Å². The quantitative estimate of drug-likeness (QED) is 0.886. The number of rotatable bonds is 4. The molecule has 0 aromatic carbocycles. The molecule has 1 atom stereocenters. The highest BCUT2D eigenvalue weighted by molar-refractivity contribution is 5.27. The fourth-order valence-corrected chi connectivity index (χ4v) is 2.60. The summed E-state index contributed by atoms with van der Waals surface area (Å²) in [5, 5.41) is 7.78. The first kappa shape index (κ1) is 11.4. The van der Waals surface area contributed by atoms with Crippen molar-refractivity contribution >= 4 is 0 Å². The number of fused-ring (bicyclic) bond motifs is 1. The Balaban J connectivity index is 1.56. The van der Waals surface area contributed by atoms with Crippen LogP contribution in [0.15, 0.2) is 30.7 Å². The molecule has 0 fully saturated rings. The largest absolute Gasteiger partial charge is 0.308 e. The van der Waals surface area contributed by atoms with Gasteiger partial charge in [-0.15, -0.1) is 0 Å². The first-order chi connectivity index (χ1) is 8.83. The molecule has 2 heterocycles. The maximum atomic E-state index is 4.49. The minimum absolute atomic E-state index is 0.429. The van der Waals surface area contributed by atoms with Crippen molar-refractivity contribution in [3.8, 4) is 0 Å². The van der Waals surface area contributed by atoms with Crippen molar-refractivity contribution in [3.05, 3.63) is 47.5 Å². The van der Waals surface area contributed by atoms with Crippen LogP contribution in [0.3, 0.4) is 0 Å². The van der Waals surface area contributed by atoms with Gasteiger partial charge < -0.3 is 5.32 Å². The van der Waals surface area contributed by atoms with Crippen LogP contribution < -0.4 is 5.32 Å². The molecule has 18 heavy (non-hydrogen) atoms. The molecule has 0 saturated heterocycles. The Bertz CT molecular complexity index is 532. The molecule has 0 amide bonds. The van der Waals surface area contributed by atoms with Crippen LogP contribution in [0.1, 0.15) is 29.3 Å². The summed E-state index contributed by atoms with van der Waals surface area (Å²) in [5.74, 6) is 0. The van der Waals surface area contributed by atoms with Crippen LogP contribution in [0.5, 0.6) is 0 Å². The first-order valence-electron chi connectivity index (χ1n) is 6.47. The van der Waals surface area contributed by atoms with Crippen molar-refractivity contribution in [3.63, 3.8) is 0 Å². The Morgan fingerprint density at radius 1 is 1.50 bits per heavy atom. The van der Waals surface area contributed by atoms with Crippen molar-refractivity contribution in [2.45, 2.75) is 25.3 Å². The molecular formula is C14H18N4. The van der Waals surface area contributed by atoms with Gasteiger partial charge >= 0.3 is 0 Å². The van der Waals surface area contributed by atoms with Crippen LogP contribution in [0.4, 0.5) is 0 Å². The van der Waals surface area contributed by atoms with Gasteiger partial charge in [-0.2, -0.15) is 5.10 Å². The average Bonchev–Trinajstić information content (AvgIpc) is 2.97. The third-order valence-electron chi connectivity index (χ3n) is 3.52. The van der Waals surface area contributed by atoms with Crippen LogP contribution in [0.2, 0.25) is 0 Å². The van der Waals surface area contributed by atoms with E-state index in [0.717, 1.165) is 19.4 Å². The lowest BCUT2D eigenvalue weighted by molar-refractivity contribution is 0.524. The van der Waals surface area contributed by atoms with Gasteiger partial charge in [0, 0.05) is 19.4 Å². The summed E-state index contributed by atoms with van der Waals surface area (Å²) in [6.07, 6.45) is 9.23. The number of hydrogen-bond acceptors (Lipinski definition) is 3. The van der Waals surface area contributed by atoms with Gasteiger partial charge in [-0.3, -0.25) is 9.67 Å². The summed E-state index contributed by atoms with van der Waals surface area (Å²) in [7, 11) is 1.95. The molecule has 94 valence electrons. The molecule has 1 aliphatic rings. The standard InChI is InChI=1S/C14H18N4/c1-18-10-11(9-17-18)6-8-15-13-5-4-12-3-2-7-16-14(12)13/h2-3,7,9-10,13,15H,4-6,8H2,1H3. The molecule has 0 radical (unpaired) electrons. The van der Waals surface area contributed by atoms with Crippen LogP contribution in [-0.4, -0.2) is 21.3 Å². The lowest BCUT2D eigenvalue weighted by Gasteiger charge is -2.12. The van der Waals surface area contributed by atoms with Crippen molar-refractivity contribution in [1.82, 2.24) is 20.1 Å². The second kappa shape index (κ2) is 4.90. The Kier molecular flexibility index (Phi) is 3.11. The SMILES string of the molecule is Cn1cc(CCNC2CCc3cccnc32)cn1. The Morgan fingerprint density at radius 2 is 2.44 bits per heavy atom. The van der Waals surface area contributed by atoms with Gasteiger partial charge in [0.15, 0.2) is 0 Å². The van der Waals surface area contributed by atoms with Crippen LogP contribution in [0, 0.1) is 0 Å². The summed E-state index contributed by atoms with van der Waals surface area (Å²) in [5.41, 5.74) is 3.92. The van der Waals surface area contributed by atoms with Gasteiger partial charge in [-0.25, -0.2) is 0 Å². The molecule has 3 rings (SSSR count). The summed E-state index contributed by atoms with van der Waals surface area (Å²) < 4.78 is 1.85.